The lowest BCUT2D eigenvalue weighted by atomic mass is 10.1. The van der Waals surface area contributed by atoms with Gasteiger partial charge in [-0.25, -0.2) is 0 Å². The Bertz CT molecular complexity index is 523. The Balaban J connectivity index is 2.02. The number of rotatable bonds is 6. The van der Waals surface area contributed by atoms with E-state index in [9.17, 15) is 0 Å². The van der Waals surface area contributed by atoms with Crippen molar-refractivity contribution in [1.29, 1.82) is 0 Å². The first kappa shape index (κ1) is 14.3. The molecule has 0 aliphatic carbocycles. The topological polar surface area (TPSA) is 57.4 Å². The molecule has 1 atom stereocenters. The van der Waals surface area contributed by atoms with Gasteiger partial charge in [-0.2, -0.15) is 0 Å². The van der Waals surface area contributed by atoms with Gasteiger partial charge >= 0.3 is 0 Å². The number of nitrogens with zero attached hydrogens (tertiary/aromatic N) is 1. The Morgan fingerprint density at radius 2 is 1.65 bits per heavy atom. The summed E-state index contributed by atoms with van der Waals surface area (Å²) in [5, 5.41) is 0. The molecule has 106 valence electrons. The van der Waals surface area contributed by atoms with Crippen LogP contribution in [0.3, 0.4) is 0 Å². The van der Waals surface area contributed by atoms with Crippen LogP contribution >= 0.6 is 0 Å². The fraction of sp³-hybridized carbons (Fsp3) is 0.312. The van der Waals surface area contributed by atoms with Crippen LogP contribution in [0.15, 0.2) is 42.6 Å². The van der Waals surface area contributed by atoms with E-state index in [-0.39, 0.29) is 6.04 Å². The summed E-state index contributed by atoms with van der Waals surface area (Å²) in [6.07, 6.45) is 2.56. The maximum Gasteiger partial charge on any atom is 0.145 e. The van der Waals surface area contributed by atoms with Gasteiger partial charge in [0.15, 0.2) is 0 Å². The number of hydrogen-bond acceptors (Lipinski definition) is 4. The first-order valence-corrected chi connectivity index (χ1v) is 6.85. The van der Waals surface area contributed by atoms with Crippen LogP contribution in [0, 0.1) is 0 Å². The minimum atomic E-state index is -0.0190. The molecule has 0 aliphatic rings. The zero-order chi connectivity index (χ0) is 14.4. The van der Waals surface area contributed by atoms with Crippen LogP contribution in [0.4, 0.5) is 0 Å². The van der Waals surface area contributed by atoms with Gasteiger partial charge < -0.3 is 15.2 Å². The van der Waals surface area contributed by atoms with Crippen molar-refractivity contribution in [2.24, 2.45) is 5.73 Å². The highest BCUT2D eigenvalue weighted by molar-refractivity contribution is 5.35. The third-order valence-corrected chi connectivity index (χ3v) is 2.95. The SMILES string of the molecule is CCOc1ccc(Oc2ccc([C@H](N)CC)nc2)cc1. The molecule has 4 heteroatoms. The van der Waals surface area contributed by atoms with Crippen LogP contribution < -0.4 is 15.2 Å². The van der Waals surface area contributed by atoms with Gasteiger partial charge in [0.1, 0.15) is 17.2 Å². The first-order valence-electron chi connectivity index (χ1n) is 6.85. The van der Waals surface area contributed by atoms with Crippen molar-refractivity contribution in [3.63, 3.8) is 0 Å². The van der Waals surface area contributed by atoms with Crippen molar-refractivity contribution in [2.75, 3.05) is 6.61 Å². The van der Waals surface area contributed by atoms with E-state index in [0.29, 0.717) is 12.4 Å². The lowest BCUT2D eigenvalue weighted by Crippen LogP contribution is -2.10. The molecule has 0 fully saturated rings. The largest absolute Gasteiger partial charge is 0.494 e. The maximum absolute atomic E-state index is 5.92. The Hall–Kier alpha value is -2.07. The van der Waals surface area contributed by atoms with Crippen LogP contribution in [0.5, 0.6) is 17.2 Å². The normalized spacial score (nSPS) is 11.9. The molecule has 0 saturated heterocycles. The molecule has 4 nitrogen and oxygen atoms in total. The highest BCUT2D eigenvalue weighted by Gasteiger charge is 2.05. The molecule has 0 radical (unpaired) electrons. The van der Waals surface area contributed by atoms with Crippen LogP contribution in [-0.2, 0) is 0 Å². The Kier molecular flexibility index (Phi) is 4.96. The molecule has 1 aromatic heterocycles. The predicted molar refractivity (Wildman–Crippen MR) is 79.1 cm³/mol. The molecular formula is C16H20N2O2. The number of nitrogens with two attached hydrogens (primary N) is 1. The number of hydrogen-bond donors (Lipinski definition) is 1. The van der Waals surface area contributed by atoms with E-state index in [2.05, 4.69) is 4.98 Å². The summed E-state index contributed by atoms with van der Waals surface area (Å²) in [5.41, 5.74) is 6.81. The zero-order valence-corrected chi connectivity index (χ0v) is 11.9. The van der Waals surface area contributed by atoms with Gasteiger partial charge in [-0.1, -0.05) is 6.92 Å². The van der Waals surface area contributed by atoms with Gasteiger partial charge in [0.25, 0.3) is 0 Å². The summed E-state index contributed by atoms with van der Waals surface area (Å²) in [6, 6.07) is 11.3. The van der Waals surface area contributed by atoms with Crippen molar-refractivity contribution < 1.29 is 9.47 Å². The quantitative estimate of drug-likeness (QED) is 0.871. The zero-order valence-electron chi connectivity index (χ0n) is 11.9. The van der Waals surface area contributed by atoms with E-state index in [1.165, 1.54) is 0 Å². The lowest BCUT2D eigenvalue weighted by Gasteiger charge is -2.10. The number of ether oxygens (including phenoxy) is 2. The molecule has 0 unspecified atom stereocenters. The number of aromatic nitrogens is 1. The van der Waals surface area contributed by atoms with Crippen LogP contribution in [0.2, 0.25) is 0 Å². The first-order chi connectivity index (χ1) is 9.72. The molecule has 0 aliphatic heterocycles. The van der Waals surface area contributed by atoms with Crippen molar-refractivity contribution >= 4 is 0 Å². The fourth-order valence-electron chi connectivity index (χ4n) is 1.79. The minimum absolute atomic E-state index is 0.0190. The van der Waals surface area contributed by atoms with Gasteiger partial charge in [0.2, 0.25) is 0 Å². The Morgan fingerprint density at radius 3 is 2.20 bits per heavy atom. The van der Waals surface area contributed by atoms with Gasteiger partial charge in [0, 0.05) is 6.04 Å². The Morgan fingerprint density at radius 1 is 1.00 bits per heavy atom. The van der Waals surface area contributed by atoms with Gasteiger partial charge in [0.05, 0.1) is 18.5 Å². The molecular weight excluding hydrogens is 252 g/mol. The number of benzene rings is 1. The summed E-state index contributed by atoms with van der Waals surface area (Å²) in [4.78, 5) is 4.32. The highest BCUT2D eigenvalue weighted by atomic mass is 16.5. The molecule has 1 heterocycles. The van der Waals surface area contributed by atoms with Gasteiger partial charge in [-0.3, -0.25) is 4.98 Å². The predicted octanol–water partition coefficient (Wildman–Crippen LogP) is 3.68. The van der Waals surface area contributed by atoms with Crippen molar-refractivity contribution in [3.05, 3.63) is 48.3 Å². The second-order valence-electron chi connectivity index (χ2n) is 4.44. The summed E-state index contributed by atoms with van der Waals surface area (Å²) < 4.78 is 11.1. The Labute approximate surface area is 119 Å². The summed E-state index contributed by atoms with van der Waals surface area (Å²) >= 11 is 0. The third kappa shape index (κ3) is 3.71. The average molecular weight is 272 g/mol. The molecule has 0 amide bonds. The smallest absolute Gasteiger partial charge is 0.145 e. The standard InChI is InChI=1S/C16H20N2O2/c1-3-15(17)16-10-9-14(11-18-16)20-13-7-5-12(6-8-13)19-4-2/h5-11,15H,3-4,17H2,1-2H3/t15-/m1/s1. The van der Waals surface area contributed by atoms with Gasteiger partial charge in [-0.15, -0.1) is 0 Å². The van der Waals surface area contributed by atoms with Crippen molar-refractivity contribution in [3.8, 4) is 17.2 Å². The molecule has 1 aromatic carbocycles. The second-order valence-corrected chi connectivity index (χ2v) is 4.44. The van der Waals surface area contributed by atoms with Gasteiger partial charge in [-0.05, 0) is 49.7 Å². The molecule has 20 heavy (non-hydrogen) atoms. The maximum atomic E-state index is 5.92. The molecule has 2 rings (SSSR count). The van der Waals surface area contributed by atoms with E-state index >= 15 is 0 Å². The summed E-state index contributed by atoms with van der Waals surface area (Å²) in [5.74, 6) is 2.28. The van der Waals surface area contributed by atoms with Crippen LogP contribution in [0.25, 0.3) is 0 Å². The lowest BCUT2D eigenvalue weighted by molar-refractivity contribution is 0.339. The average Bonchev–Trinajstić information content (AvgIpc) is 2.49. The van der Waals surface area contributed by atoms with E-state index in [1.54, 1.807) is 6.20 Å². The van der Waals surface area contributed by atoms with Crippen molar-refractivity contribution in [1.82, 2.24) is 4.98 Å². The molecule has 0 spiro atoms. The molecule has 2 N–H and O–H groups in total. The highest BCUT2D eigenvalue weighted by Crippen LogP contribution is 2.24. The van der Waals surface area contributed by atoms with E-state index in [0.717, 1.165) is 23.6 Å². The summed E-state index contributed by atoms with van der Waals surface area (Å²) in [6.45, 7) is 4.65. The van der Waals surface area contributed by atoms with E-state index in [1.807, 2.05) is 50.2 Å². The third-order valence-electron chi connectivity index (χ3n) is 2.95. The monoisotopic (exact) mass is 272 g/mol. The molecule has 0 bridgehead atoms. The van der Waals surface area contributed by atoms with Crippen LogP contribution in [0.1, 0.15) is 32.0 Å². The molecule has 2 aromatic rings. The summed E-state index contributed by atoms with van der Waals surface area (Å²) in [7, 11) is 0. The number of pyridine rings is 1. The molecule has 0 saturated carbocycles. The van der Waals surface area contributed by atoms with E-state index in [4.69, 9.17) is 15.2 Å². The fourth-order valence-corrected chi connectivity index (χ4v) is 1.79. The minimum Gasteiger partial charge on any atom is -0.494 e. The van der Waals surface area contributed by atoms with E-state index < -0.39 is 0 Å². The second kappa shape index (κ2) is 6.91. The van der Waals surface area contributed by atoms with Crippen molar-refractivity contribution in [2.45, 2.75) is 26.3 Å². The van der Waals surface area contributed by atoms with Crippen LogP contribution in [-0.4, -0.2) is 11.6 Å².